The zero-order valence-electron chi connectivity index (χ0n) is 76.5. The van der Waals surface area contributed by atoms with E-state index in [2.05, 4.69) is 343 Å². The predicted octanol–water partition coefficient (Wildman–Crippen LogP) is 30.4. The Labute approximate surface area is 790 Å². The number of hydrogen-bond acceptors (Lipinski definition) is 13. The first-order valence-electron chi connectivity index (χ1n) is 45.7. The van der Waals surface area contributed by atoms with Crippen LogP contribution >= 0.6 is 0 Å². The summed E-state index contributed by atoms with van der Waals surface area (Å²) in [6, 6.07) is 141. The van der Waals surface area contributed by atoms with Crippen molar-refractivity contribution >= 4 is 53.9 Å². The van der Waals surface area contributed by atoms with Gasteiger partial charge < -0.3 is 0 Å². The van der Waals surface area contributed by atoms with Gasteiger partial charge in [0, 0.05) is 107 Å². The van der Waals surface area contributed by atoms with Crippen LogP contribution in [0.2, 0.25) is 0 Å². The Kier molecular flexibility index (Phi) is 23.4. The van der Waals surface area contributed by atoms with Crippen molar-refractivity contribution in [2.75, 3.05) is 0 Å². The van der Waals surface area contributed by atoms with E-state index in [-0.39, 0.29) is 0 Å². The number of aromatic nitrogens is 13. The van der Waals surface area contributed by atoms with Crippen molar-refractivity contribution in [2.24, 2.45) is 0 Å². The minimum absolute atomic E-state index is 0.588. The summed E-state index contributed by atoms with van der Waals surface area (Å²) in [4.78, 5) is 64.2. The molecule has 0 unspecified atom stereocenters. The van der Waals surface area contributed by atoms with Crippen LogP contribution in [0.1, 0.15) is 45.7 Å². The Bertz CT molecular complexity index is 8100. The molecule has 0 radical (unpaired) electrons. The fourth-order valence-corrected chi connectivity index (χ4v) is 18.0. The second-order valence-corrected chi connectivity index (χ2v) is 34.7. The average Bonchev–Trinajstić information content (AvgIpc) is 0.763. The molecule has 23 rings (SSSR count). The minimum atomic E-state index is 0.588. The zero-order valence-corrected chi connectivity index (χ0v) is 76.5. The maximum absolute atomic E-state index is 5.27. The maximum atomic E-state index is 5.27. The van der Waals surface area contributed by atoms with Gasteiger partial charge in [0.15, 0.2) is 29.1 Å². The highest BCUT2D eigenvalue weighted by Gasteiger charge is 2.22. The molecule has 0 amide bonds. The van der Waals surface area contributed by atoms with Crippen LogP contribution in [-0.4, -0.2) is 64.8 Å². The Morgan fingerprint density at radius 3 is 0.875 bits per heavy atom. The van der Waals surface area contributed by atoms with E-state index in [1.165, 1.54) is 43.3 Å². The van der Waals surface area contributed by atoms with Crippen LogP contribution < -0.4 is 0 Å². The molecule has 136 heavy (non-hydrogen) atoms. The van der Waals surface area contributed by atoms with Crippen LogP contribution in [0.25, 0.3) is 223 Å². The molecule has 0 aliphatic carbocycles. The van der Waals surface area contributed by atoms with Gasteiger partial charge in [0.1, 0.15) is 5.82 Å². The average molecular weight is 1750 g/mol. The first kappa shape index (κ1) is 85.2. The summed E-state index contributed by atoms with van der Waals surface area (Å²) in [6.07, 6.45) is 0. The number of aryl methyl sites for hydroxylation is 8. The molecule has 0 bridgehead atoms. The van der Waals surface area contributed by atoms with Gasteiger partial charge in [-0.2, -0.15) is 0 Å². The Morgan fingerprint density at radius 2 is 0.426 bits per heavy atom. The van der Waals surface area contributed by atoms with Gasteiger partial charge in [0.05, 0.1) is 39.9 Å². The summed E-state index contributed by atoms with van der Waals surface area (Å²) in [7, 11) is 0. The van der Waals surface area contributed by atoms with Gasteiger partial charge >= 0.3 is 0 Å². The molecule has 8 aromatic heterocycles. The summed E-state index contributed by atoms with van der Waals surface area (Å²) in [5, 5.41) is 11.7. The first-order valence-corrected chi connectivity index (χ1v) is 45.7. The lowest BCUT2D eigenvalue weighted by Gasteiger charge is -2.14. The highest BCUT2D eigenvalue weighted by Crippen LogP contribution is 2.42. The number of benzene rings is 15. The molecule has 0 atom stereocenters. The van der Waals surface area contributed by atoms with Crippen molar-refractivity contribution in [3.05, 3.63) is 452 Å². The standard InChI is InChI=1S/C44H34N4.C41H29N5.C38H28N4/c1-27-17-37(18-28(2)45-27)39-23-40(38-19-29(3)46-30(4)20-38)25-41(24-39)43-26-42(35-15-13-31-9-5-7-11-33(31)21-35)47-44(48-43)36-16-14-32-10-6-8-12-34(32)22-36;1-26-9-7-15-37(42-26)34-23-35(38-16-8-10-27(2)43-38)25-36(24-34)41-45-39(32-19-17-28-11-3-5-13-30(28)21-32)44-40(46-41)33-20-18-29-12-4-6-14-31(29)22-33;1-25-20-35(40-26(2)39-25)31-21-30(34-19-11-17-27-12-9-10-18-33(27)34)22-32(23-31)37-24-36(28-13-5-3-6-14-28)41-38(42-37)29-15-7-4-8-16-29/h5-26H,1-4H3;3-25H,1-2H3;3-24H,1-2H3. The fraction of sp³-hybridized carbons (Fsp3) is 0.0650. The largest absolute Gasteiger partial charge is 0.258 e. The number of hydrogen-bond donors (Lipinski definition) is 0. The second-order valence-electron chi connectivity index (χ2n) is 34.7. The number of rotatable bonds is 15. The van der Waals surface area contributed by atoms with Gasteiger partial charge in [-0.05, 0) is 288 Å². The second kappa shape index (κ2) is 37.4. The van der Waals surface area contributed by atoms with E-state index >= 15 is 0 Å². The SMILES string of the molecule is Cc1cc(-c2cc(-c3cc(-c4ccccc4)nc(-c4ccccc4)n3)cc(-c3cccc4ccccc34)c2)nc(C)n1.Cc1cc(-c2cc(-c3cc(C)nc(C)c3)cc(-c3cc(-c4ccc5ccccc5c4)nc(-c4ccc5ccccc5c4)n3)c2)cc(C)n1.Cc1cccc(-c2cc(-c3cccc(C)n3)cc(-c3nc(-c4ccc5ccccc5c4)nc(-c4ccc5ccccc5c4)n3)c2)n1. The minimum Gasteiger partial charge on any atom is -0.258 e. The normalized spacial score (nSPS) is 11.2. The smallest absolute Gasteiger partial charge is 0.164 e. The van der Waals surface area contributed by atoms with E-state index < -0.39 is 0 Å². The van der Waals surface area contributed by atoms with Gasteiger partial charge in [0.25, 0.3) is 0 Å². The zero-order chi connectivity index (χ0) is 92.3. The van der Waals surface area contributed by atoms with E-state index in [1.807, 2.05) is 134 Å². The molecule has 13 nitrogen and oxygen atoms in total. The van der Waals surface area contributed by atoms with Crippen LogP contribution in [0.15, 0.2) is 406 Å². The molecular formula is C123H91N13. The van der Waals surface area contributed by atoms with E-state index in [1.54, 1.807) is 0 Å². The lowest BCUT2D eigenvalue weighted by molar-refractivity contribution is 1.02. The van der Waals surface area contributed by atoms with E-state index in [4.69, 9.17) is 49.8 Å². The highest BCUT2D eigenvalue weighted by molar-refractivity contribution is 5.99. The molecule has 0 aliphatic heterocycles. The molecule has 23 aromatic rings. The molecule has 0 spiro atoms. The fourth-order valence-electron chi connectivity index (χ4n) is 18.0. The molecule has 0 saturated heterocycles. The molecule has 0 aliphatic rings. The molecular weight excluding hydrogens is 1660 g/mol. The number of pyridine rings is 4. The van der Waals surface area contributed by atoms with Crippen molar-refractivity contribution in [2.45, 2.75) is 55.4 Å². The van der Waals surface area contributed by atoms with Gasteiger partial charge in [-0.1, -0.05) is 261 Å². The topological polar surface area (TPSA) is 168 Å². The van der Waals surface area contributed by atoms with Crippen molar-refractivity contribution in [3.63, 3.8) is 0 Å². The Balaban J connectivity index is 0.000000122. The summed E-state index contributed by atoms with van der Waals surface area (Å²) >= 11 is 0. The van der Waals surface area contributed by atoms with Gasteiger partial charge in [-0.15, -0.1) is 0 Å². The van der Waals surface area contributed by atoms with Crippen molar-refractivity contribution < 1.29 is 0 Å². The van der Waals surface area contributed by atoms with Crippen molar-refractivity contribution in [3.8, 4) is 169 Å². The van der Waals surface area contributed by atoms with Crippen LogP contribution in [0.3, 0.4) is 0 Å². The van der Waals surface area contributed by atoms with Crippen molar-refractivity contribution in [1.82, 2.24) is 64.8 Å². The molecule has 648 valence electrons. The third-order valence-corrected chi connectivity index (χ3v) is 24.5. The molecule has 13 heteroatoms. The molecule has 8 heterocycles. The summed E-state index contributed by atoms with van der Waals surface area (Å²) < 4.78 is 0. The lowest BCUT2D eigenvalue weighted by atomic mass is 9.93. The molecule has 0 saturated carbocycles. The summed E-state index contributed by atoms with van der Waals surface area (Å²) in [5.74, 6) is 3.96. The molecule has 15 aromatic carbocycles. The van der Waals surface area contributed by atoms with Crippen LogP contribution in [0, 0.1) is 55.4 Å². The number of fused-ring (bicyclic) bond motifs is 5. The van der Waals surface area contributed by atoms with Crippen LogP contribution in [-0.2, 0) is 0 Å². The number of nitrogens with zero attached hydrogens (tertiary/aromatic N) is 13. The Morgan fingerprint density at radius 1 is 0.125 bits per heavy atom. The van der Waals surface area contributed by atoms with E-state index in [9.17, 15) is 0 Å². The molecule has 0 fully saturated rings. The summed E-state index contributed by atoms with van der Waals surface area (Å²) in [6.45, 7) is 16.2. The third-order valence-electron chi connectivity index (χ3n) is 24.5. The summed E-state index contributed by atoms with van der Waals surface area (Å²) in [5.41, 5.74) is 31.5. The van der Waals surface area contributed by atoms with Gasteiger partial charge in [-0.25, -0.2) is 44.9 Å². The monoisotopic (exact) mass is 1750 g/mol. The lowest BCUT2D eigenvalue weighted by Crippen LogP contribution is -2.01. The van der Waals surface area contributed by atoms with Crippen molar-refractivity contribution in [1.29, 1.82) is 0 Å². The highest BCUT2D eigenvalue weighted by atomic mass is 15.0. The van der Waals surface area contributed by atoms with Gasteiger partial charge in [0.2, 0.25) is 0 Å². The van der Waals surface area contributed by atoms with Crippen LogP contribution in [0.4, 0.5) is 0 Å². The predicted molar refractivity (Wildman–Crippen MR) is 558 cm³/mol. The Hall–Kier alpha value is -17.6. The third kappa shape index (κ3) is 18.8. The van der Waals surface area contributed by atoms with E-state index in [0.29, 0.717) is 29.1 Å². The first-order chi connectivity index (χ1) is 66.5. The quantitative estimate of drug-likeness (QED) is 0.0952. The van der Waals surface area contributed by atoms with Crippen LogP contribution in [0.5, 0.6) is 0 Å². The maximum Gasteiger partial charge on any atom is 0.164 e. The molecule has 0 N–H and O–H groups in total. The van der Waals surface area contributed by atoms with Gasteiger partial charge in [-0.3, -0.25) is 19.9 Å². The van der Waals surface area contributed by atoms with E-state index in [0.717, 1.165) is 196 Å².